The second-order valence-corrected chi connectivity index (χ2v) is 11.8. The van der Waals surface area contributed by atoms with Crippen LogP contribution in [0.15, 0.2) is 30.3 Å². The lowest BCUT2D eigenvalue weighted by Crippen LogP contribution is -2.63. The Balaban J connectivity index is 1.41. The van der Waals surface area contributed by atoms with E-state index in [0.29, 0.717) is 48.6 Å². The number of fused-ring (bicyclic) bond motifs is 5. The lowest BCUT2D eigenvalue weighted by Gasteiger charge is -2.63. The number of amides is 2. The molecule has 1 aromatic carbocycles. The molecular weight excluding hydrogens is 424 g/mol. The smallest absolute Gasteiger partial charge is 0.411 e. The molecule has 34 heavy (non-hydrogen) atoms. The van der Waals surface area contributed by atoms with Gasteiger partial charge in [-0.1, -0.05) is 39.0 Å². The Morgan fingerprint density at radius 3 is 2.79 bits per heavy atom. The summed E-state index contributed by atoms with van der Waals surface area (Å²) in [5.74, 6) is 2.95. The lowest BCUT2D eigenvalue weighted by atomic mass is 9.44. The summed E-state index contributed by atoms with van der Waals surface area (Å²) in [7, 11) is 2.04. The highest BCUT2D eigenvalue weighted by atomic mass is 16.5. The van der Waals surface area contributed by atoms with E-state index >= 15 is 0 Å². The van der Waals surface area contributed by atoms with Crippen LogP contribution >= 0.6 is 0 Å². The Bertz CT molecular complexity index is 1020. The average molecular weight is 465 g/mol. The van der Waals surface area contributed by atoms with Crippen LogP contribution < -0.4 is 5.32 Å². The second-order valence-electron chi connectivity index (χ2n) is 11.8. The zero-order valence-electron chi connectivity index (χ0n) is 21.4. The van der Waals surface area contributed by atoms with Gasteiger partial charge in [0.15, 0.2) is 0 Å². The van der Waals surface area contributed by atoms with Gasteiger partial charge in [-0.15, -0.1) is 0 Å². The van der Waals surface area contributed by atoms with Gasteiger partial charge in [-0.25, -0.2) is 4.79 Å². The Labute approximate surface area is 204 Å². The summed E-state index contributed by atoms with van der Waals surface area (Å²) in [6, 6.07) is 8.63. The van der Waals surface area contributed by atoms with Gasteiger partial charge in [0.05, 0.1) is 6.61 Å². The Hall–Kier alpha value is -2.30. The van der Waals surface area contributed by atoms with E-state index in [1.165, 1.54) is 24.0 Å². The van der Waals surface area contributed by atoms with E-state index in [2.05, 4.69) is 49.2 Å². The van der Waals surface area contributed by atoms with Crippen LogP contribution in [0.25, 0.3) is 5.57 Å². The summed E-state index contributed by atoms with van der Waals surface area (Å²) in [6.07, 6.45) is 8.49. The van der Waals surface area contributed by atoms with Gasteiger partial charge >= 0.3 is 6.09 Å². The highest BCUT2D eigenvalue weighted by Gasteiger charge is 2.61. The highest BCUT2D eigenvalue weighted by molar-refractivity contribution is 5.86. The first kappa shape index (κ1) is 23.4. The Morgan fingerprint density at radius 1 is 1.24 bits per heavy atom. The van der Waals surface area contributed by atoms with E-state index < -0.39 is 6.09 Å². The first-order valence-corrected chi connectivity index (χ1v) is 13.2. The average Bonchev–Trinajstić information content (AvgIpc) is 3.15. The SMILES string of the molecule is CCOC(=O)Nc1cccc(C2=CC[C@H]3[C@@H]4C(C)CC5N(C)C(=O)CC[C@]5(C)[C@@H]4CC[C@]23C)c1. The predicted octanol–water partition coefficient (Wildman–Crippen LogP) is 6.36. The van der Waals surface area contributed by atoms with Crippen molar-refractivity contribution >= 4 is 23.3 Å². The summed E-state index contributed by atoms with van der Waals surface area (Å²) >= 11 is 0. The Kier molecular flexibility index (Phi) is 5.81. The van der Waals surface area contributed by atoms with Gasteiger partial charge in [0.25, 0.3) is 0 Å². The molecule has 1 heterocycles. The molecule has 2 saturated carbocycles. The van der Waals surface area contributed by atoms with E-state index in [9.17, 15) is 9.59 Å². The number of carbonyl (C=O) groups is 2. The molecule has 4 aliphatic rings. The summed E-state index contributed by atoms with van der Waals surface area (Å²) in [5.41, 5.74) is 3.83. The molecule has 5 nitrogen and oxygen atoms in total. The molecule has 7 atom stereocenters. The van der Waals surface area contributed by atoms with Crippen molar-refractivity contribution in [2.24, 2.45) is 34.5 Å². The van der Waals surface area contributed by atoms with Crippen molar-refractivity contribution in [2.45, 2.75) is 72.3 Å². The van der Waals surface area contributed by atoms with Gasteiger partial charge in [0, 0.05) is 25.2 Å². The molecule has 5 heteroatoms. The number of piperidine rings is 1. The standard InChI is InChI=1S/C29H40N2O3/c1-6-34-27(33)30-20-9-7-8-19(17-20)21-10-11-22-26-18(2)16-24-29(4,15-13-25(32)31(24)5)23(26)12-14-28(21,22)3/h7-10,17-18,22-24,26H,6,11-16H2,1-5H3,(H,30,33)/t18?,22-,23+,24?,26-,28+,29+/m0/s1. The molecule has 2 unspecified atom stereocenters. The summed E-state index contributed by atoms with van der Waals surface area (Å²) in [6.45, 7) is 9.59. The summed E-state index contributed by atoms with van der Waals surface area (Å²) in [5, 5.41) is 2.87. The fourth-order valence-electron chi connectivity index (χ4n) is 8.53. The molecule has 0 bridgehead atoms. The minimum atomic E-state index is -0.403. The quantitative estimate of drug-likeness (QED) is 0.566. The zero-order chi connectivity index (χ0) is 24.3. The maximum atomic E-state index is 12.5. The minimum Gasteiger partial charge on any atom is -0.450 e. The summed E-state index contributed by atoms with van der Waals surface area (Å²) in [4.78, 5) is 26.5. The maximum absolute atomic E-state index is 12.5. The van der Waals surface area contributed by atoms with Crippen molar-refractivity contribution in [1.29, 1.82) is 0 Å². The zero-order valence-corrected chi connectivity index (χ0v) is 21.4. The van der Waals surface area contributed by atoms with Gasteiger partial charge in [0.2, 0.25) is 5.91 Å². The number of nitrogens with zero attached hydrogens (tertiary/aromatic N) is 1. The number of rotatable bonds is 3. The van der Waals surface area contributed by atoms with E-state index in [-0.39, 0.29) is 10.8 Å². The van der Waals surface area contributed by atoms with Crippen LogP contribution in [0.5, 0.6) is 0 Å². The number of allylic oxidation sites excluding steroid dienone is 2. The topological polar surface area (TPSA) is 58.6 Å². The van der Waals surface area contributed by atoms with Crippen molar-refractivity contribution in [1.82, 2.24) is 4.90 Å². The minimum absolute atomic E-state index is 0.150. The van der Waals surface area contributed by atoms with E-state index in [4.69, 9.17) is 4.74 Å². The predicted molar refractivity (Wildman–Crippen MR) is 135 cm³/mol. The number of anilines is 1. The highest BCUT2D eigenvalue weighted by Crippen LogP contribution is 2.67. The van der Waals surface area contributed by atoms with Crippen LogP contribution in [-0.2, 0) is 9.53 Å². The number of nitrogens with one attached hydrogen (secondary N) is 1. The first-order chi connectivity index (χ1) is 16.2. The molecule has 1 saturated heterocycles. The number of hydrogen-bond acceptors (Lipinski definition) is 3. The van der Waals surface area contributed by atoms with Gasteiger partial charge < -0.3 is 9.64 Å². The van der Waals surface area contributed by atoms with Crippen LogP contribution in [-0.4, -0.2) is 36.6 Å². The Morgan fingerprint density at radius 2 is 2.03 bits per heavy atom. The van der Waals surface area contributed by atoms with Crippen LogP contribution in [0.1, 0.15) is 71.8 Å². The van der Waals surface area contributed by atoms with E-state index in [1.807, 2.05) is 26.1 Å². The van der Waals surface area contributed by atoms with E-state index in [1.54, 1.807) is 0 Å². The fourth-order valence-corrected chi connectivity index (χ4v) is 8.53. The monoisotopic (exact) mass is 464 g/mol. The van der Waals surface area contributed by atoms with Gasteiger partial charge in [-0.3, -0.25) is 10.1 Å². The third-order valence-electron chi connectivity index (χ3n) is 10.2. The number of benzene rings is 1. The molecule has 1 aromatic rings. The first-order valence-electron chi connectivity index (χ1n) is 13.2. The third kappa shape index (κ3) is 3.49. The van der Waals surface area contributed by atoms with Crippen LogP contribution in [0.3, 0.4) is 0 Å². The van der Waals surface area contributed by atoms with Gasteiger partial charge in [-0.05, 0) is 96.8 Å². The molecule has 5 rings (SSSR count). The van der Waals surface area contributed by atoms with Crippen molar-refractivity contribution in [3.63, 3.8) is 0 Å². The fraction of sp³-hybridized carbons (Fsp3) is 0.655. The number of carbonyl (C=O) groups excluding carboxylic acids is 2. The third-order valence-corrected chi connectivity index (χ3v) is 10.2. The molecule has 3 aliphatic carbocycles. The van der Waals surface area contributed by atoms with Crippen molar-refractivity contribution in [2.75, 3.05) is 19.0 Å². The molecular formula is C29H40N2O3. The molecule has 0 radical (unpaired) electrons. The van der Waals surface area contributed by atoms with Crippen LogP contribution in [0.4, 0.5) is 10.5 Å². The maximum Gasteiger partial charge on any atom is 0.411 e. The molecule has 1 N–H and O–H groups in total. The van der Waals surface area contributed by atoms with Crippen molar-refractivity contribution in [3.05, 3.63) is 35.9 Å². The molecule has 2 amide bonds. The summed E-state index contributed by atoms with van der Waals surface area (Å²) < 4.78 is 5.07. The molecule has 1 aliphatic heterocycles. The van der Waals surface area contributed by atoms with E-state index in [0.717, 1.165) is 24.9 Å². The second kappa shape index (κ2) is 8.42. The van der Waals surface area contributed by atoms with Gasteiger partial charge in [0.1, 0.15) is 0 Å². The number of ether oxygens (including phenoxy) is 1. The normalized spacial score (nSPS) is 39.0. The molecule has 184 valence electrons. The van der Waals surface area contributed by atoms with Gasteiger partial charge in [-0.2, -0.15) is 0 Å². The molecule has 0 aromatic heterocycles. The number of hydrogen-bond donors (Lipinski definition) is 1. The van der Waals surface area contributed by atoms with Crippen molar-refractivity contribution in [3.8, 4) is 0 Å². The number of likely N-dealkylation sites (tertiary alicyclic amines) is 1. The van der Waals surface area contributed by atoms with Crippen molar-refractivity contribution < 1.29 is 14.3 Å². The van der Waals surface area contributed by atoms with Crippen LogP contribution in [0.2, 0.25) is 0 Å². The molecule has 0 spiro atoms. The lowest BCUT2D eigenvalue weighted by molar-refractivity contribution is -0.162. The largest absolute Gasteiger partial charge is 0.450 e. The molecule has 3 fully saturated rings. The van der Waals surface area contributed by atoms with Crippen LogP contribution in [0, 0.1) is 34.5 Å².